The van der Waals surface area contributed by atoms with Gasteiger partial charge in [-0.3, -0.25) is 9.59 Å². The first-order valence-corrected chi connectivity index (χ1v) is 5.72. The summed E-state index contributed by atoms with van der Waals surface area (Å²) in [4.78, 5) is 22.4. The van der Waals surface area contributed by atoms with Crippen molar-refractivity contribution in [3.05, 3.63) is 29.8 Å². The molecule has 0 radical (unpaired) electrons. The zero-order valence-electron chi connectivity index (χ0n) is 10.5. The topological polar surface area (TPSA) is 75.6 Å². The zero-order valence-corrected chi connectivity index (χ0v) is 10.5. The van der Waals surface area contributed by atoms with Crippen LogP contribution in [-0.2, 0) is 16.1 Å². The molecule has 18 heavy (non-hydrogen) atoms. The van der Waals surface area contributed by atoms with Crippen molar-refractivity contribution < 1.29 is 19.4 Å². The third-order valence-corrected chi connectivity index (χ3v) is 2.62. The number of carbonyl (C=O) groups is 2. The number of amides is 1. The first-order valence-electron chi connectivity index (χ1n) is 5.72. The molecule has 0 aliphatic heterocycles. The molecule has 1 amide bonds. The fraction of sp³-hybridized carbons (Fsp3) is 0.385. The van der Waals surface area contributed by atoms with E-state index in [1.165, 1.54) is 0 Å². The highest BCUT2D eigenvalue weighted by molar-refractivity contribution is 5.96. The largest absolute Gasteiger partial charge is 0.497 e. The van der Waals surface area contributed by atoms with Crippen molar-refractivity contribution in [3.8, 4) is 5.75 Å². The first-order chi connectivity index (χ1) is 8.58. The number of ether oxygens (including phenoxy) is 1. The molecular weight excluding hydrogens is 234 g/mol. The van der Waals surface area contributed by atoms with Gasteiger partial charge >= 0.3 is 5.97 Å². The average Bonchev–Trinajstić information content (AvgIpc) is 2.37. The smallest absolute Gasteiger partial charge is 0.316 e. The van der Waals surface area contributed by atoms with Gasteiger partial charge in [0.25, 0.3) is 0 Å². The fourth-order valence-electron chi connectivity index (χ4n) is 1.57. The van der Waals surface area contributed by atoms with E-state index in [9.17, 15) is 9.59 Å². The second kappa shape index (κ2) is 6.64. The molecule has 0 saturated heterocycles. The molecule has 0 aliphatic rings. The summed E-state index contributed by atoms with van der Waals surface area (Å²) >= 11 is 0. The van der Waals surface area contributed by atoms with Crippen LogP contribution in [0, 0.1) is 5.92 Å². The molecule has 0 bridgehead atoms. The highest BCUT2D eigenvalue weighted by Gasteiger charge is 2.23. The van der Waals surface area contributed by atoms with E-state index in [-0.39, 0.29) is 6.42 Å². The van der Waals surface area contributed by atoms with Crippen molar-refractivity contribution in [3.63, 3.8) is 0 Å². The Morgan fingerprint density at radius 1 is 1.44 bits per heavy atom. The van der Waals surface area contributed by atoms with Gasteiger partial charge in [-0.15, -0.1) is 0 Å². The summed E-state index contributed by atoms with van der Waals surface area (Å²) in [6.07, 6.45) is 0.277. The van der Waals surface area contributed by atoms with Gasteiger partial charge in [0.2, 0.25) is 5.91 Å². The van der Waals surface area contributed by atoms with Crippen LogP contribution in [-0.4, -0.2) is 24.1 Å². The number of aliphatic carboxylic acids is 1. The van der Waals surface area contributed by atoms with Gasteiger partial charge in [0, 0.05) is 6.54 Å². The number of carboxylic acid groups (broad SMARTS) is 1. The number of methoxy groups -OCH3 is 1. The van der Waals surface area contributed by atoms with Crippen LogP contribution in [0.25, 0.3) is 0 Å². The minimum absolute atomic E-state index is 0.277. The van der Waals surface area contributed by atoms with Crippen LogP contribution in [0.15, 0.2) is 24.3 Å². The summed E-state index contributed by atoms with van der Waals surface area (Å²) in [5, 5.41) is 11.4. The summed E-state index contributed by atoms with van der Waals surface area (Å²) in [6, 6.07) is 7.25. The van der Waals surface area contributed by atoms with Crippen molar-refractivity contribution in [2.45, 2.75) is 19.9 Å². The third-order valence-electron chi connectivity index (χ3n) is 2.62. The van der Waals surface area contributed by atoms with E-state index in [0.717, 1.165) is 5.56 Å². The summed E-state index contributed by atoms with van der Waals surface area (Å²) in [6.45, 7) is 1.96. The van der Waals surface area contributed by atoms with E-state index in [1.54, 1.807) is 26.2 Å². The predicted molar refractivity (Wildman–Crippen MR) is 66.3 cm³/mol. The molecule has 0 fully saturated rings. The Labute approximate surface area is 106 Å². The van der Waals surface area contributed by atoms with E-state index in [4.69, 9.17) is 9.84 Å². The summed E-state index contributed by atoms with van der Waals surface area (Å²) < 4.78 is 5.06. The van der Waals surface area contributed by atoms with E-state index in [2.05, 4.69) is 5.32 Å². The maximum absolute atomic E-state index is 11.6. The van der Waals surface area contributed by atoms with Gasteiger partial charge < -0.3 is 15.2 Å². The van der Waals surface area contributed by atoms with Crippen LogP contribution < -0.4 is 10.1 Å². The maximum Gasteiger partial charge on any atom is 0.316 e. The normalized spacial score (nSPS) is 11.7. The Kier molecular flexibility index (Phi) is 5.17. The van der Waals surface area contributed by atoms with Gasteiger partial charge in [0.05, 0.1) is 7.11 Å². The van der Waals surface area contributed by atoms with Gasteiger partial charge in [-0.2, -0.15) is 0 Å². The third kappa shape index (κ3) is 3.76. The first kappa shape index (κ1) is 14.0. The van der Waals surface area contributed by atoms with Crippen molar-refractivity contribution >= 4 is 11.9 Å². The average molecular weight is 251 g/mol. The Morgan fingerprint density at radius 2 is 2.17 bits per heavy atom. The minimum Gasteiger partial charge on any atom is -0.497 e. The lowest BCUT2D eigenvalue weighted by Crippen LogP contribution is -2.34. The van der Waals surface area contributed by atoms with Crippen molar-refractivity contribution in [1.82, 2.24) is 5.32 Å². The van der Waals surface area contributed by atoms with Gasteiger partial charge in [0.1, 0.15) is 11.7 Å². The SMILES string of the molecule is CCC(C(=O)O)C(=O)NCc1cccc(OC)c1. The maximum atomic E-state index is 11.6. The molecule has 1 rings (SSSR count). The summed E-state index contributed by atoms with van der Waals surface area (Å²) in [5.41, 5.74) is 0.864. The highest BCUT2D eigenvalue weighted by Crippen LogP contribution is 2.12. The minimum atomic E-state index is -1.10. The molecule has 1 atom stereocenters. The Morgan fingerprint density at radius 3 is 2.72 bits per heavy atom. The number of hydrogen-bond donors (Lipinski definition) is 2. The van der Waals surface area contributed by atoms with E-state index < -0.39 is 17.8 Å². The lowest BCUT2D eigenvalue weighted by molar-refractivity contribution is -0.147. The molecule has 5 heteroatoms. The second-order valence-corrected chi connectivity index (χ2v) is 3.87. The molecule has 98 valence electrons. The van der Waals surface area contributed by atoms with Gasteiger partial charge in [-0.25, -0.2) is 0 Å². The molecule has 2 N–H and O–H groups in total. The molecule has 0 spiro atoms. The number of rotatable bonds is 6. The number of nitrogens with one attached hydrogen (secondary N) is 1. The molecular formula is C13H17NO4. The molecule has 1 aromatic rings. The molecule has 1 aromatic carbocycles. The molecule has 0 aliphatic carbocycles. The second-order valence-electron chi connectivity index (χ2n) is 3.87. The molecule has 0 aromatic heterocycles. The van der Waals surface area contributed by atoms with Gasteiger partial charge in [-0.1, -0.05) is 19.1 Å². The van der Waals surface area contributed by atoms with Crippen LogP contribution in [0.1, 0.15) is 18.9 Å². The molecule has 5 nitrogen and oxygen atoms in total. The number of carboxylic acids is 1. The van der Waals surface area contributed by atoms with Crippen LogP contribution in [0.5, 0.6) is 5.75 Å². The lowest BCUT2D eigenvalue weighted by Gasteiger charge is -2.11. The molecule has 0 heterocycles. The highest BCUT2D eigenvalue weighted by atomic mass is 16.5. The Balaban J connectivity index is 2.59. The van der Waals surface area contributed by atoms with Crippen LogP contribution in [0.3, 0.4) is 0 Å². The van der Waals surface area contributed by atoms with Crippen LogP contribution in [0.2, 0.25) is 0 Å². The lowest BCUT2D eigenvalue weighted by atomic mass is 10.1. The Bertz CT molecular complexity index is 431. The zero-order chi connectivity index (χ0) is 13.5. The van der Waals surface area contributed by atoms with Gasteiger partial charge in [-0.05, 0) is 24.1 Å². The summed E-state index contributed by atoms with van der Waals surface area (Å²) in [5.74, 6) is -1.85. The van der Waals surface area contributed by atoms with Crippen molar-refractivity contribution in [1.29, 1.82) is 0 Å². The van der Waals surface area contributed by atoms with Crippen molar-refractivity contribution in [2.24, 2.45) is 5.92 Å². The van der Waals surface area contributed by atoms with Crippen molar-refractivity contribution in [2.75, 3.05) is 7.11 Å². The Hall–Kier alpha value is -2.04. The quantitative estimate of drug-likeness (QED) is 0.750. The van der Waals surface area contributed by atoms with E-state index in [0.29, 0.717) is 12.3 Å². The number of benzene rings is 1. The van der Waals surface area contributed by atoms with Crippen LogP contribution >= 0.6 is 0 Å². The molecule has 1 unspecified atom stereocenters. The predicted octanol–water partition coefficient (Wildman–Crippen LogP) is 1.42. The standard InChI is InChI=1S/C13H17NO4/c1-3-11(13(16)17)12(15)14-8-9-5-4-6-10(7-9)18-2/h4-7,11H,3,8H2,1-2H3,(H,14,15)(H,16,17). The monoisotopic (exact) mass is 251 g/mol. The number of hydrogen-bond acceptors (Lipinski definition) is 3. The fourth-order valence-corrected chi connectivity index (χ4v) is 1.57. The number of carbonyl (C=O) groups excluding carboxylic acids is 1. The van der Waals surface area contributed by atoms with E-state index >= 15 is 0 Å². The van der Waals surface area contributed by atoms with Crippen LogP contribution in [0.4, 0.5) is 0 Å². The van der Waals surface area contributed by atoms with Gasteiger partial charge in [0.15, 0.2) is 0 Å². The molecule has 0 saturated carbocycles. The van der Waals surface area contributed by atoms with E-state index in [1.807, 2.05) is 12.1 Å². The summed E-state index contributed by atoms with van der Waals surface area (Å²) in [7, 11) is 1.56.